The first-order valence-corrected chi connectivity index (χ1v) is 23.0. The monoisotopic (exact) mass is 896 g/mol. The van der Waals surface area contributed by atoms with Crippen molar-refractivity contribution >= 4 is 56.6 Å². The minimum Gasteiger partial charge on any atom is -0.857 e. The van der Waals surface area contributed by atoms with Crippen LogP contribution in [0.15, 0.2) is 54.6 Å². The van der Waals surface area contributed by atoms with Gasteiger partial charge in [0.05, 0.1) is 5.54 Å². The zero-order valence-corrected chi connectivity index (χ0v) is 37.9. The summed E-state index contributed by atoms with van der Waals surface area (Å²) in [6.07, 6.45) is 11.3. The summed E-state index contributed by atoms with van der Waals surface area (Å²) in [5.74, 6) is 0.355. The maximum Gasteiger partial charge on any atom is 1.00 e. The Morgan fingerprint density at radius 1 is 0.698 bits per heavy atom. The zero-order chi connectivity index (χ0) is 37.9. The molecule has 14 heteroatoms. The molecular weight excluding hydrogens is 838 g/mol. The van der Waals surface area contributed by atoms with Gasteiger partial charge in [0.25, 0.3) is 0 Å². The number of anilines is 1. The van der Waals surface area contributed by atoms with Gasteiger partial charge in [-0.15, -0.1) is 0 Å². The Morgan fingerprint density at radius 2 is 1.15 bits per heavy atom. The third-order valence-electron chi connectivity index (χ3n) is 10.1. The molecule has 0 spiro atoms. The van der Waals surface area contributed by atoms with Gasteiger partial charge in [0.2, 0.25) is 5.24 Å². The minimum atomic E-state index is -0.267. The number of carbonyl (C=O) groups excluding carboxylic acids is 2. The Bertz CT molecular complexity index is 1190. The van der Waals surface area contributed by atoms with Gasteiger partial charge < -0.3 is 31.3 Å². The quantitative estimate of drug-likeness (QED) is 0.205. The molecule has 2 saturated carbocycles. The van der Waals surface area contributed by atoms with Gasteiger partial charge in [-0.25, -0.2) is 4.39 Å². The Balaban J connectivity index is 0.000000423. The number of nitrogens with one attached hydrogen (secondary N) is 4. The first-order chi connectivity index (χ1) is 25.5. The molecule has 0 aromatic heterocycles. The van der Waals surface area contributed by atoms with Gasteiger partial charge in [0.1, 0.15) is 5.82 Å². The van der Waals surface area contributed by atoms with E-state index in [0.29, 0.717) is 5.78 Å². The van der Waals surface area contributed by atoms with E-state index >= 15 is 0 Å². The molecule has 0 bridgehead atoms. The van der Waals surface area contributed by atoms with E-state index in [1.807, 2.05) is 0 Å². The van der Waals surface area contributed by atoms with Crippen LogP contribution in [-0.4, -0.2) is 107 Å². The second-order valence-electron chi connectivity index (χ2n) is 13.4. The van der Waals surface area contributed by atoms with Crippen LogP contribution in [0.1, 0.15) is 74.6 Å². The number of halogens is 4. The van der Waals surface area contributed by atoms with Crippen LogP contribution in [0.2, 0.25) is 0 Å². The number of hydrogen-bond donors (Lipinski definition) is 4. The first kappa shape index (κ1) is 50.5. The molecule has 0 amide bonds. The molecule has 2 aliphatic carbocycles. The van der Waals surface area contributed by atoms with Crippen molar-refractivity contribution in [1.82, 2.24) is 26.2 Å². The largest absolute Gasteiger partial charge is 1.00 e. The molecule has 9 nitrogen and oxygen atoms in total. The van der Waals surface area contributed by atoms with E-state index in [1.54, 1.807) is 18.2 Å². The van der Waals surface area contributed by atoms with Crippen LogP contribution in [0.5, 0.6) is 0 Å². The molecule has 4 N–H and O–H groups in total. The number of Topliss-reactive ketones (excluding diaryl/α,β-unsaturated/α-hetero) is 1. The summed E-state index contributed by atoms with van der Waals surface area (Å²) in [5.41, 5.74) is 1.86. The second-order valence-corrected chi connectivity index (χ2v) is 13.7. The molecule has 5 aliphatic rings. The third-order valence-corrected chi connectivity index (χ3v) is 10.4. The number of benzene rings is 2. The summed E-state index contributed by atoms with van der Waals surface area (Å²) in [4.78, 5) is 29.1. The molecule has 2 aromatic rings. The van der Waals surface area contributed by atoms with Crippen molar-refractivity contribution in [1.29, 1.82) is 0 Å². The van der Waals surface area contributed by atoms with Crippen LogP contribution in [0.25, 0.3) is 0 Å². The SMILES string of the molecule is BrBr.C1CNCCN1.C[O-].Fc1ccccc1.O=C(Cl)C1CCCCC1.O=C(c1ccc(N2CCNCC2)cc1)C1(N2CCNCC2)CCCCC1.[Na+]. The molecule has 3 saturated heterocycles. The molecule has 3 aliphatic heterocycles. The van der Waals surface area contributed by atoms with E-state index in [0.717, 1.165) is 117 Å². The standard InChI is InChI=1S/C21H32N4O.C7H11ClO.C6H5F.C4H10N2.CH3O.Br2.Na/c26-20(18-4-6-19(7-5-18)24-14-10-22-11-15-24)21(8-2-1-3-9-21)25-16-12-23-13-17-25;8-7(9)6-4-2-1-3-5-6;7-6-4-2-1-3-5-6;1-2-6-4-3-5-1;2*1-2;/h4-7,22-23H,1-3,8-17H2;6H,1-5H2;1-5H;5-6H,1-4H2;1H3;;/q;;;;-1;;+1. The van der Waals surface area contributed by atoms with Gasteiger partial charge in [-0.2, -0.15) is 7.11 Å². The summed E-state index contributed by atoms with van der Waals surface area (Å²) in [6, 6.07) is 16.4. The summed E-state index contributed by atoms with van der Waals surface area (Å²) in [7, 11) is 0.750. The predicted molar refractivity (Wildman–Crippen MR) is 219 cm³/mol. The van der Waals surface area contributed by atoms with Gasteiger partial charge >= 0.3 is 29.6 Å². The van der Waals surface area contributed by atoms with Gasteiger partial charge in [-0.1, -0.05) is 56.7 Å². The maximum atomic E-state index is 13.6. The fourth-order valence-electron chi connectivity index (χ4n) is 7.28. The molecule has 294 valence electrons. The minimum absolute atomic E-state index is 0. The normalized spacial score (nSPS) is 19.8. The number of carbonyl (C=O) groups is 2. The van der Waals surface area contributed by atoms with Crippen LogP contribution >= 0.6 is 39.9 Å². The van der Waals surface area contributed by atoms with Crippen LogP contribution in [0.3, 0.4) is 0 Å². The Morgan fingerprint density at radius 3 is 1.57 bits per heavy atom. The number of hydrogen-bond acceptors (Lipinski definition) is 9. The first-order valence-electron chi connectivity index (χ1n) is 18.9. The van der Waals surface area contributed by atoms with E-state index in [-0.39, 0.29) is 52.1 Å². The molecule has 0 radical (unpaired) electrons. The topological polar surface area (TPSA) is 112 Å². The van der Waals surface area contributed by atoms with Crippen LogP contribution in [0, 0.1) is 11.7 Å². The van der Waals surface area contributed by atoms with E-state index < -0.39 is 0 Å². The Labute approximate surface area is 360 Å². The fourth-order valence-corrected chi connectivity index (χ4v) is 7.50. The van der Waals surface area contributed by atoms with E-state index in [1.165, 1.54) is 56.3 Å². The molecule has 3 heterocycles. The number of rotatable bonds is 5. The molecule has 0 atom stereocenters. The predicted octanol–water partition coefficient (Wildman–Crippen LogP) is 2.90. The van der Waals surface area contributed by atoms with E-state index in [2.05, 4.69) is 83.6 Å². The number of nitrogens with zero attached hydrogens (tertiary/aromatic N) is 2. The molecule has 2 aromatic carbocycles. The average Bonchev–Trinajstić information content (AvgIpc) is 3.25. The number of piperazine rings is 3. The Kier molecular flexibility index (Phi) is 30.1. The van der Waals surface area contributed by atoms with E-state index in [9.17, 15) is 14.0 Å². The average molecular weight is 899 g/mol. The van der Waals surface area contributed by atoms with Crippen molar-refractivity contribution in [3.05, 3.63) is 66.0 Å². The van der Waals surface area contributed by atoms with Crippen molar-refractivity contribution in [3.8, 4) is 0 Å². The van der Waals surface area contributed by atoms with Gasteiger partial charge in [0, 0.05) is 124 Å². The van der Waals surface area contributed by atoms with Gasteiger partial charge in [-0.3, -0.25) is 14.5 Å². The maximum absolute atomic E-state index is 13.6. The molecular formula is C39H61Br2ClFN6NaO3. The molecule has 0 unspecified atom stereocenters. The van der Waals surface area contributed by atoms with Crippen LogP contribution in [0.4, 0.5) is 10.1 Å². The molecule has 5 fully saturated rings. The summed E-state index contributed by atoms with van der Waals surface area (Å²) in [5, 5.41) is 21.4. The van der Waals surface area contributed by atoms with Gasteiger partial charge in [0.15, 0.2) is 5.78 Å². The fraction of sp³-hybridized carbons (Fsp3) is 0.641. The van der Waals surface area contributed by atoms with Crippen LogP contribution in [-0.2, 0) is 4.79 Å². The van der Waals surface area contributed by atoms with Crippen molar-refractivity contribution in [2.45, 2.75) is 69.7 Å². The second kappa shape index (κ2) is 31.6. The molecule has 53 heavy (non-hydrogen) atoms. The van der Waals surface area contributed by atoms with Crippen LogP contribution < -0.4 is 60.8 Å². The number of ketones is 1. The van der Waals surface area contributed by atoms with E-state index in [4.69, 9.17) is 16.7 Å². The Hall–Kier alpha value is -0.480. The van der Waals surface area contributed by atoms with Gasteiger partial charge in [-0.05, 0) is 73.7 Å². The van der Waals surface area contributed by atoms with Crippen molar-refractivity contribution in [2.75, 3.05) is 90.5 Å². The summed E-state index contributed by atoms with van der Waals surface area (Å²) in [6.45, 7) is 12.7. The van der Waals surface area contributed by atoms with Crippen molar-refractivity contribution in [3.63, 3.8) is 0 Å². The third kappa shape index (κ3) is 19.0. The molecule has 7 rings (SSSR count). The zero-order valence-electron chi connectivity index (χ0n) is 32.0. The summed E-state index contributed by atoms with van der Waals surface area (Å²) >= 11 is 10.8. The van der Waals surface area contributed by atoms with Crippen molar-refractivity contribution in [2.24, 2.45) is 5.92 Å². The summed E-state index contributed by atoms with van der Waals surface area (Å²) < 4.78 is 11.9. The van der Waals surface area contributed by atoms with Crippen molar-refractivity contribution < 1.29 is 48.6 Å². The smallest absolute Gasteiger partial charge is 0.857 e.